The number of benzene rings is 1. The minimum atomic E-state index is -1.90. The van der Waals surface area contributed by atoms with Crippen molar-refractivity contribution in [1.29, 1.82) is 0 Å². The van der Waals surface area contributed by atoms with Crippen LogP contribution in [0.1, 0.15) is 15.9 Å². The third-order valence-electron chi connectivity index (χ3n) is 2.23. The standard InChI is InChI=1S/C11H8F3NO4/c1-3-4-19-11(16)6-7(12)5(2)8(13)10(9(6)14)15(17)18/h3H,1,4H2,2H3. The van der Waals surface area contributed by atoms with Crippen LogP contribution in [0.15, 0.2) is 12.7 Å². The molecule has 19 heavy (non-hydrogen) atoms. The van der Waals surface area contributed by atoms with Crippen LogP contribution in [-0.2, 0) is 4.74 Å². The predicted octanol–water partition coefficient (Wildman–Crippen LogP) is 2.66. The zero-order valence-corrected chi connectivity index (χ0v) is 9.71. The number of nitro benzene ring substituents is 1. The van der Waals surface area contributed by atoms with Gasteiger partial charge in [0.25, 0.3) is 0 Å². The van der Waals surface area contributed by atoms with Crippen molar-refractivity contribution < 1.29 is 27.6 Å². The third-order valence-corrected chi connectivity index (χ3v) is 2.23. The van der Waals surface area contributed by atoms with Gasteiger partial charge in [-0.2, -0.15) is 8.78 Å². The molecule has 0 radical (unpaired) electrons. The Kier molecular flexibility index (Phi) is 4.26. The Morgan fingerprint density at radius 1 is 1.37 bits per heavy atom. The van der Waals surface area contributed by atoms with Crippen LogP contribution in [0.25, 0.3) is 0 Å². The maximum atomic E-state index is 13.7. The van der Waals surface area contributed by atoms with E-state index in [0.29, 0.717) is 0 Å². The zero-order chi connectivity index (χ0) is 14.7. The monoisotopic (exact) mass is 275 g/mol. The fourth-order valence-electron chi connectivity index (χ4n) is 1.32. The van der Waals surface area contributed by atoms with Crippen molar-refractivity contribution in [2.24, 2.45) is 0 Å². The van der Waals surface area contributed by atoms with Crippen LogP contribution in [0.4, 0.5) is 18.9 Å². The van der Waals surface area contributed by atoms with Crippen LogP contribution < -0.4 is 0 Å². The van der Waals surface area contributed by atoms with Crippen molar-refractivity contribution in [3.8, 4) is 0 Å². The SMILES string of the molecule is C=CCOC(=O)c1c(F)c(C)c(F)c([N+](=O)[O-])c1F. The van der Waals surface area contributed by atoms with Crippen LogP contribution in [-0.4, -0.2) is 17.5 Å². The quantitative estimate of drug-likeness (QED) is 0.366. The zero-order valence-electron chi connectivity index (χ0n) is 9.71. The first-order valence-electron chi connectivity index (χ1n) is 4.92. The smallest absolute Gasteiger partial charge is 0.344 e. The van der Waals surface area contributed by atoms with E-state index in [9.17, 15) is 28.1 Å². The Morgan fingerprint density at radius 2 is 1.95 bits per heavy atom. The molecule has 0 atom stereocenters. The summed E-state index contributed by atoms with van der Waals surface area (Å²) in [5.41, 5.74) is -3.73. The van der Waals surface area contributed by atoms with Gasteiger partial charge in [-0.05, 0) is 6.92 Å². The highest BCUT2D eigenvalue weighted by atomic mass is 19.1. The summed E-state index contributed by atoms with van der Waals surface area (Å²) >= 11 is 0. The summed E-state index contributed by atoms with van der Waals surface area (Å²) < 4.78 is 45.0. The van der Waals surface area contributed by atoms with Crippen molar-refractivity contribution in [2.75, 3.05) is 6.61 Å². The maximum absolute atomic E-state index is 13.7. The van der Waals surface area contributed by atoms with Gasteiger partial charge in [0.1, 0.15) is 18.0 Å². The average molecular weight is 275 g/mol. The lowest BCUT2D eigenvalue weighted by molar-refractivity contribution is -0.390. The molecule has 8 heteroatoms. The Bertz CT molecular complexity index is 572. The number of halogens is 3. The molecule has 102 valence electrons. The molecule has 5 nitrogen and oxygen atoms in total. The lowest BCUT2D eigenvalue weighted by Crippen LogP contribution is -2.15. The summed E-state index contributed by atoms with van der Waals surface area (Å²) in [5.74, 6) is -6.57. The summed E-state index contributed by atoms with van der Waals surface area (Å²) in [7, 11) is 0. The molecule has 1 aromatic carbocycles. The van der Waals surface area contributed by atoms with Gasteiger partial charge >= 0.3 is 11.7 Å². The summed E-state index contributed by atoms with van der Waals surface area (Å²) in [4.78, 5) is 20.5. The van der Waals surface area contributed by atoms with Gasteiger partial charge in [0, 0.05) is 5.56 Å². The highest BCUT2D eigenvalue weighted by molar-refractivity contribution is 5.91. The van der Waals surface area contributed by atoms with E-state index in [1.54, 1.807) is 0 Å². The average Bonchev–Trinajstić information content (AvgIpc) is 2.33. The van der Waals surface area contributed by atoms with Crippen molar-refractivity contribution in [3.05, 3.63) is 51.3 Å². The number of esters is 1. The molecule has 0 fully saturated rings. The Hall–Kier alpha value is -2.38. The van der Waals surface area contributed by atoms with E-state index in [0.717, 1.165) is 13.0 Å². The largest absolute Gasteiger partial charge is 0.458 e. The molecule has 0 saturated carbocycles. The molecule has 0 heterocycles. The molecule has 0 bridgehead atoms. The minimum absolute atomic E-state index is 0.345. The highest BCUT2D eigenvalue weighted by Crippen LogP contribution is 2.30. The number of hydrogen-bond donors (Lipinski definition) is 0. The summed E-state index contributed by atoms with van der Waals surface area (Å²) in [5, 5.41) is 10.5. The van der Waals surface area contributed by atoms with Crippen molar-refractivity contribution >= 4 is 11.7 Å². The normalized spacial score (nSPS) is 10.1. The van der Waals surface area contributed by atoms with Gasteiger partial charge in [0.15, 0.2) is 0 Å². The number of rotatable bonds is 4. The third kappa shape index (κ3) is 2.56. The van der Waals surface area contributed by atoms with Gasteiger partial charge in [-0.3, -0.25) is 10.1 Å². The molecule has 1 rings (SSSR count). The second-order valence-electron chi connectivity index (χ2n) is 3.43. The molecule has 1 aromatic rings. The van der Waals surface area contributed by atoms with Crippen LogP contribution in [0, 0.1) is 34.5 Å². The molecule has 0 aliphatic carbocycles. The lowest BCUT2D eigenvalue weighted by Gasteiger charge is -2.08. The maximum Gasteiger partial charge on any atom is 0.344 e. The summed E-state index contributed by atoms with van der Waals surface area (Å²) in [6.45, 7) is 3.72. The molecule has 0 aliphatic rings. The number of hydrogen-bond acceptors (Lipinski definition) is 4. The predicted molar refractivity (Wildman–Crippen MR) is 58.2 cm³/mol. The summed E-state index contributed by atoms with van der Waals surface area (Å²) in [6, 6.07) is 0. The van der Waals surface area contributed by atoms with Crippen LogP contribution >= 0.6 is 0 Å². The molecule has 0 amide bonds. The molecule has 0 unspecified atom stereocenters. The van der Waals surface area contributed by atoms with Crippen LogP contribution in [0.5, 0.6) is 0 Å². The van der Waals surface area contributed by atoms with E-state index in [1.807, 2.05) is 0 Å². The van der Waals surface area contributed by atoms with Gasteiger partial charge in [0.2, 0.25) is 11.6 Å². The Labute approximate surface area is 105 Å². The van der Waals surface area contributed by atoms with Crippen LogP contribution in [0.3, 0.4) is 0 Å². The van der Waals surface area contributed by atoms with Crippen LogP contribution in [0.2, 0.25) is 0 Å². The van der Waals surface area contributed by atoms with E-state index in [2.05, 4.69) is 11.3 Å². The number of carbonyl (C=O) groups excluding carboxylic acids is 1. The van der Waals surface area contributed by atoms with Gasteiger partial charge in [0.05, 0.1) is 4.92 Å². The number of nitro groups is 1. The molecular formula is C11H8F3NO4. The second-order valence-corrected chi connectivity index (χ2v) is 3.43. The molecule has 0 saturated heterocycles. The molecule has 0 aromatic heterocycles. The number of carbonyl (C=O) groups is 1. The Morgan fingerprint density at radius 3 is 2.42 bits per heavy atom. The minimum Gasteiger partial charge on any atom is -0.458 e. The van der Waals surface area contributed by atoms with Gasteiger partial charge in [-0.15, -0.1) is 0 Å². The van der Waals surface area contributed by atoms with E-state index in [-0.39, 0.29) is 6.61 Å². The first kappa shape index (κ1) is 14.7. The van der Waals surface area contributed by atoms with E-state index < -0.39 is 45.2 Å². The topological polar surface area (TPSA) is 69.4 Å². The van der Waals surface area contributed by atoms with Gasteiger partial charge < -0.3 is 4.74 Å². The first-order valence-corrected chi connectivity index (χ1v) is 4.92. The highest BCUT2D eigenvalue weighted by Gasteiger charge is 2.34. The van der Waals surface area contributed by atoms with E-state index >= 15 is 0 Å². The Balaban J connectivity index is 3.52. The first-order chi connectivity index (χ1) is 8.82. The second kappa shape index (κ2) is 5.51. The molecule has 0 aliphatic heterocycles. The van der Waals surface area contributed by atoms with Crippen molar-refractivity contribution in [3.63, 3.8) is 0 Å². The van der Waals surface area contributed by atoms with Crippen molar-refractivity contribution in [1.82, 2.24) is 0 Å². The van der Waals surface area contributed by atoms with Gasteiger partial charge in [-0.25, -0.2) is 9.18 Å². The molecule has 0 spiro atoms. The fraction of sp³-hybridized carbons (Fsp3) is 0.182. The van der Waals surface area contributed by atoms with Crippen molar-refractivity contribution in [2.45, 2.75) is 6.92 Å². The number of nitrogens with zero attached hydrogens (tertiary/aromatic N) is 1. The van der Waals surface area contributed by atoms with Gasteiger partial charge in [-0.1, -0.05) is 12.7 Å². The lowest BCUT2D eigenvalue weighted by atomic mass is 10.1. The van der Waals surface area contributed by atoms with E-state index in [4.69, 9.17) is 0 Å². The fourth-order valence-corrected chi connectivity index (χ4v) is 1.32. The molecular weight excluding hydrogens is 267 g/mol. The summed E-state index contributed by atoms with van der Waals surface area (Å²) in [6.07, 6.45) is 1.14. The van der Waals surface area contributed by atoms with E-state index in [1.165, 1.54) is 0 Å². The number of ether oxygens (including phenoxy) is 1. The molecule has 0 N–H and O–H groups in total.